The quantitative estimate of drug-likeness (QED) is 0.764. The molecule has 6 unspecified atom stereocenters. The maximum atomic E-state index is 4.06. The summed E-state index contributed by atoms with van der Waals surface area (Å²) >= 11 is 0. The topological polar surface area (TPSA) is 24.1 Å². The summed E-state index contributed by atoms with van der Waals surface area (Å²) in [5, 5.41) is 8.12. The van der Waals surface area contributed by atoms with E-state index in [1.807, 2.05) is 0 Å². The zero-order valence-corrected chi connectivity index (χ0v) is 12.9. The third kappa shape index (κ3) is 2.66. The molecule has 2 N–H and O–H groups in total. The van der Waals surface area contributed by atoms with Crippen LogP contribution < -0.4 is 10.6 Å². The lowest BCUT2D eigenvalue weighted by Crippen LogP contribution is -2.61. The van der Waals surface area contributed by atoms with Crippen molar-refractivity contribution in [2.75, 3.05) is 0 Å². The van der Waals surface area contributed by atoms with E-state index in [1.54, 1.807) is 0 Å². The monoisotopic (exact) mass is 276 g/mol. The third-order valence-electron chi connectivity index (χ3n) is 6.86. The van der Waals surface area contributed by atoms with Gasteiger partial charge in [0.05, 0.1) is 0 Å². The molecule has 2 nitrogen and oxygen atoms in total. The second kappa shape index (κ2) is 5.96. The highest BCUT2D eigenvalue weighted by Crippen LogP contribution is 2.37. The molecule has 4 fully saturated rings. The molecular weight excluding hydrogens is 244 g/mol. The summed E-state index contributed by atoms with van der Waals surface area (Å²) in [4.78, 5) is 0. The number of piperidine rings is 2. The van der Waals surface area contributed by atoms with Gasteiger partial charge in [0.2, 0.25) is 0 Å². The Morgan fingerprint density at radius 2 is 0.850 bits per heavy atom. The van der Waals surface area contributed by atoms with Crippen LogP contribution in [0.25, 0.3) is 0 Å². The van der Waals surface area contributed by atoms with Crippen molar-refractivity contribution >= 4 is 0 Å². The molecule has 2 heterocycles. The van der Waals surface area contributed by atoms with Crippen molar-refractivity contribution in [3.8, 4) is 0 Å². The van der Waals surface area contributed by atoms with E-state index >= 15 is 0 Å². The molecule has 0 spiro atoms. The van der Waals surface area contributed by atoms with E-state index in [-0.39, 0.29) is 0 Å². The lowest BCUT2D eigenvalue weighted by molar-refractivity contribution is 0.110. The SMILES string of the molecule is C1CCC2NC(C3CCC4CCCCC4N3)CCC2C1. The van der Waals surface area contributed by atoms with Crippen molar-refractivity contribution in [3.05, 3.63) is 0 Å². The van der Waals surface area contributed by atoms with Gasteiger partial charge in [-0.1, -0.05) is 25.7 Å². The second-order valence-corrected chi connectivity index (χ2v) is 8.00. The lowest BCUT2D eigenvalue weighted by Gasteiger charge is -2.47. The van der Waals surface area contributed by atoms with Crippen LogP contribution in [0.4, 0.5) is 0 Å². The Bertz CT molecular complexity index is 297. The van der Waals surface area contributed by atoms with Gasteiger partial charge in [0.1, 0.15) is 0 Å². The van der Waals surface area contributed by atoms with Gasteiger partial charge in [0, 0.05) is 24.2 Å². The van der Waals surface area contributed by atoms with Gasteiger partial charge in [-0.2, -0.15) is 0 Å². The maximum absolute atomic E-state index is 4.06. The summed E-state index contributed by atoms with van der Waals surface area (Å²) < 4.78 is 0. The van der Waals surface area contributed by atoms with E-state index in [9.17, 15) is 0 Å². The molecule has 2 heteroatoms. The second-order valence-electron chi connectivity index (χ2n) is 8.00. The minimum absolute atomic E-state index is 0.775. The number of rotatable bonds is 1. The molecular formula is C18H32N2. The van der Waals surface area contributed by atoms with Crippen LogP contribution >= 0.6 is 0 Å². The molecule has 114 valence electrons. The summed E-state index contributed by atoms with van der Waals surface area (Å²) in [6.07, 6.45) is 17.6. The molecule has 2 aliphatic carbocycles. The Labute approximate surface area is 124 Å². The molecule has 0 aromatic rings. The summed E-state index contributed by atoms with van der Waals surface area (Å²) in [7, 11) is 0. The fraction of sp³-hybridized carbons (Fsp3) is 1.00. The van der Waals surface area contributed by atoms with E-state index in [1.165, 1.54) is 77.0 Å². The van der Waals surface area contributed by atoms with Crippen molar-refractivity contribution < 1.29 is 0 Å². The van der Waals surface area contributed by atoms with E-state index in [0.29, 0.717) is 0 Å². The molecule has 2 aliphatic heterocycles. The first-order valence-corrected chi connectivity index (χ1v) is 9.42. The van der Waals surface area contributed by atoms with Gasteiger partial charge in [-0.25, -0.2) is 0 Å². The Morgan fingerprint density at radius 1 is 0.400 bits per heavy atom. The molecule has 0 radical (unpaired) electrons. The van der Waals surface area contributed by atoms with Gasteiger partial charge < -0.3 is 10.6 Å². The van der Waals surface area contributed by atoms with Gasteiger partial charge in [-0.3, -0.25) is 0 Å². The van der Waals surface area contributed by atoms with E-state index in [4.69, 9.17) is 0 Å². The minimum atomic E-state index is 0.775. The van der Waals surface area contributed by atoms with Crippen molar-refractivity contribution in [2.24, 2.45) is 11.8 Å². The van der Waals surface area contributed by atoms with Crippen molar-refractivity contribution in [3.63, 3.8) is 0 Å². The van der Waals surface area contributed by atoms with Crippen LogP contribution in [0.1, 0.15) is 77.0 Å². The first-order chi connectivity index (χ1) is 9.90. The fourth-order valence-electron chi connectivity index (χ4n) is 5.68. The van der Waals surface area contributed by atoms with E-state index in [0.717, 1.165) is 36.0 Å². The summed E-state index contributed by atoms with van der Waals surface area (Å²) in [5.41, 5.74) is 0. The van der Waals surface area contributed by atoms with Crippen molar-refractivity contribution in [2.45, 2.75) is 101 Å². The molecule has 4 rings (SSSR count). The average molecular weight is 276 g/mol. The summed E-state index contributed by atoms with van der Waals surface area (Å²) in [6, 6.07) is 3.26. The zero-order valence-electron chi connectivity index (χ0n) is 12.9. The molecule has 2 saturated carbocycles. The van der Waals surface area contributed by atoms with Gasteiger partial charge >= 0.3 is 0 Å². The smallest absolute Gasteiger partial charge is 0.0224 e. The normalized spacial score (nSPS) is 49.2. The van der Waals surface area contributed by atoms with Gasteiger partial charge in [0.15, 0.2) is 0 Å². The largest absolute Gasteiger partial charge is 0.309 e. The molecule has 0 amide bonds. The number of hydrogen-bond donors (Lipinski definition) is 2. The lowest BCUT2D eigenvalue weighted by atomic mass is 9.73. The molecule has 20 heavy (non-hydrogen) atoms. The highest BCUT2D eigenvalue weighted by atomic mass is 15.1. The van der Waals surface area contributed by atoms with Crippen LogP contribution in [0.15, 0.2) is 0 Å². The number of fused-ring (bicyclic) bond motifs is 2. The molecule has 6 atom stereocenters. The van der Waals surface area contributed by atoms with Gasteiger partial charge in [-0.05, 0) is 63.2 Å². The Hall–Kier alpha value is -0.0800. The van der Waals surface area contributed by atoms with Crippen LogP contribution in [-0.2, 0) is 0 Å². The Kier molecular flexibility index (Phi) is 4.05. The summed E-state index contributed by atoms with van der Waals surface area (Å²) in [5.74, 6) is 2.01. The summed E-state index contributed by atoms with van der Waals surface area (Å²) in [6.45, 7) is 0. The standard InChI is InChI=1S/C18H32N2/c1-3-7-15-13(5-1)9-11-17(19-15)18-12-10-14-6-2-4-8-16(14)20-18/h13-20H,1-12H2. The van der Waals surface area contributed by atoms with Crippen molar-refractivity contribution in [1.82, 2.24) is 10.6 Å². The molecule has 2 saturated heterocycles. The van der Waals surface area contributed by atoms with Crippen LogP contribution in [0.5, 0.6) is 0 Å². The minimum Gasteiger partial charge on any atom is -0.309 e. The third-order valence-corrected chi connectivity index (χ3v) is 6.86. The van der Waals surface area contributed by atoms with Crippen molar-refractivity contribution in [1.29, 1.82) is 0 Å². The maximum Gasteiger partial charge on any atom is 0.0224 e. The molecule has 0 bridgehead atoms. The molecule has 0 aromatic heterocycles. The first-order valence-electron chi connectivity index (χ1n) is 9.42. The molecule has 0 aromatic carbocycles. The average Bonchev–Trinajstić information content (AvgIpc) is 2.54. The van der Waals surface area contributed by atoms with Crippen LogP contribution in [0.3, 0.4) is 0 Å². The molecule has 4 aliphatic rings. The van der Waals surface area contributed by atoms with Gasteiger partial charge in [0.25, 0.3) is 0 Å². The van der Waals surface area contributed by atoms with E-state index in [2.05, 4.69) is 10.6 Å². The highest BCUT2D eigenvalue weighted by Gasteiger charge is 2.39. The van der Waals surface area contributed by atoms with Crippen LogP contribution in [0.2, 0.25) is 0 Å². The predicted octanol–water partition coefficient (Wildman–Crippen LogP) is 3.61. The van der Waals surface area contributed by atoms with Gasteiger partial charge in [-0.15, -0.1) is 0 Å². The first kappa shape index (κ1) is 13.6. The zero-order chi connectivity index (χ0) is 13.4. The number of nitrogens with one attached hydrogen (secondary N) is 2. The Balaban J connectivity index is 1.36. The van der Waals surface area contributed by atoms with E-state index < -0.39 is 0 Å². The Morgan fingerprint density at radius 3 is 1.35 bits per heavy atom. The predicted molar refractivity (Wildman–Crippen MR) is 83.8 cm³/mol. The van der Waals surface area contributed by atoms with Crippen LogP contribution in [-0.4, -0.2) is 24.2 Å². The number of hydrogen-bond acceptors (Lipinski definition) is 2. The van der Waals surface area contributed by atoms with Crippen LogP contribution in [0, 0.1) is 11.8 Å². The highest BCUT2D eigenvalue weighted by molar-refractivity contribution is 4.98. The fourth-order valence-corrected chi connectivity index (χ4v) is 5.68.